The van der Waals surface area contributed by atoms with Crippen LogP contribution in [0.15, 0.2) is 12.2 Å². The van der Waals surface area contributed by atoms with E-state index in [9.17, 15) is 4.79 Å². The van der Waals surface area contributed by atoms with Gasteiger partial charge in [-0.2, -0.15) is 12.6 Å². The van der Waals surface area contributed by atoms with Crippen molar-refractivity contribution in [3.63, 3.8) is 0 Å². The topological polar surface area (TPSA) is 43.1 Å². The number of unbranched alkanes of at least 4 members (excludes halogenated alkanes) is 1. The molecule has 0 spiro atoms. The van der Waals surface area contributed by atoms with Crippen LogP contribution in [0.1, 0.15) is 39.0 Å². The monoisotopic (exact) mass is 201 g/mol. The molecule has 0 saturated carbocycles. The summed E-state index contributed by atoms with van der Waals surface area (Å²) in [6.45, 7) is 5.72. The lowest BCUT2D eigenvalue weighted by atomic mass is 10.1. The van der Waals surface area contributed by atoms with E-state index in [0.29, 0.717) is 10.8 Å². The van der Waals surface area contributed by atoms with Gasteiger partial charge in [0.25, 0.3) is 0 Å². The molecule has 0 aliphatic heterocycles. The van der Waals surface area contributed by atoms with Gasteiger partial charge in [-0.05, 0) is 25.7 Å². The van der Waals surface area contributed by atoms with Crippen LogP contribution >= 0.6 is 12.6 Å². The number of nitrogens with two attached hydrogens (primary N) is 1. The van der Waals surface area contributed by atoms with Crippen molar-refractivity contribution in [1.29, 1.82) is 0 Å². The summed E-state index contributed by atoms with van der Waals surface area (Å²) in [5.74, 6) is -0.377. The lowest BCUT2D eigenvalue weighted by molar-refractivity contribution is -0.114. The Kier molecular flexibility index (Phi) is 6.77. The molecule has 0 fully saturated rings. The number of thiol groups is 1. The van der Waals surface area contributed by atoms with E-state index in [0.717, 1.165) is 32.1 Å². The minimum absolute atomic E-state index is 0.377. The highest BCUT2D eigenvalue weighted by Crippen LogP contribution is 2.13. The molecule has 0 aliphatic carbocycles. The lowest BCUT2D eigenvalue weighted by Crippen LogP contribution is -2.12. The van der Waals surface area contributed by atoms with Crippen LogP contribution in [0.25, 0.3) is 0 Å². The van der Waals surface area contributed by atoms with E-state index in [1.54, 1.807) is 0 Å². The fourth-order valence-electron chi connectivity index (χ4n) is 1.05. The summed E-state index contributed by atoms with van der Waals surface area (Å²) < 4.78 is 0. The van der Waals surface area contributed by atoms with Crippen LogP contribution in [0.4, 0.5) is 0 Å². The zero-order valence-electron chi connectivity index (χ0n) is 8.25. The van der Waals surface area contributed by atoms with Crippen molar-refractivity contribution in [3.8, 4) is 0 Å². The highest BCUT2D eigenvalue weighted by molar-refractivity contribution is 7.80. The maximum atomic E-state index is 10.6. The van der Waals surface area contributed by atoms with Gasteiger partial charge in [0, 0.05) is 10.8 Å². The Balaban J connectivity index is 3.36. The minimum Gasteiger partial charge on any atom is -0.366 e. The Bertz CT molecular complexity index is 180. The van der Waals surface area contributed by atoms with Gasteiger partial charge in [0.15, 0.2) is 0 Å². The number of hydrogen-bond donors (Lipinski definition) is 2. The summed E-state index contributed by atoms with van der Waals surface area (Å²) in [5, 5.41) is 0.488. The van der Waals surface area contributed by atoms with Crippen molar-refractivity contribution in [2.75, 3.05) is 0 Å². The van der Waals surface area contributed by atoms with E-state index in [-0.39, 0.29) is 5.91 Å². The zero-order chi connectivity index (χ0) is 10.3. The van der Waals surface area contributed by atoms with Crippen molar-refractivity contribution >= 4 is 18.5 Å². The molecule has 1 unspecified atom stereocenters. The van der Waals surface area contributed by atoms with E-state index >= 15 is 0 Å². The summed E-state index contributed by atoms with van der Waals surface area (Å²) in [7, 11) is 0. The minimum atomic E-state index is -0.377. The van der Waals surface area contributed by atoms with Gasteiger partial charge in [0.05, 0.1) is 0 Å². The number of carbonyl (C=O) groups excluding carboxylic acids is 1. The van der Waals surface area contributed by atoms with E-state index in [1.807, 2.05) is 0 Å². The molecule has 0 aromatic rings. The lowest BCUT2D eigenvalue weighted by Gasteiger charge is -2.06. The summed E-state index contributed by atoms with van der Waals surface area (Å²) in [6, 6.07) is 0. The Morgan fingerprint density at radius 3 is 2.62 bits per heavy atom. The molecule has 0 heterocycles. The summed E-state index contributed by atoms with van der Waals surface area (Å²) in [5.41, 5.74) is 5.59. The fourth-order valence-corrected chi connectivity index (χ4v) is 1.23. The molecule has 0 rings (SSSR count). The summed E-state index contributed by atoms with van der Waals surface area (Å²) in [6.07, 6.45) is 5.00. The number of hydrogen-bond acceptors (Lipinski definition) is 2. The van der Waals surface area contributed by atoms with Gasteiger partial charge in [0.2, 0.25) is 5.91 Å². The normalized spacial score (nSPS) is 12.5. The van der Waals surface area contributed by atoms with E-state index in [2.05, 4.69) is 26.1 Å². The third-order valence-electron chi connectivity index (χ3n) is 2.09. The first-order chi connectivity index (χ1) is 6.07. The Morgan fingerprint density at radius 2 is 2.15 bits per heavy atom. The molecular weight excluding hydrogens is 182 g/mol. The maximum absolute atomic E-state index is 10.6. The Hall–Kier alpha value is -0.440. The van der Waals surface area contributed by atoms with E-state index in [4.69, 9.17) is 5.73 Å². The van der Waals surface area contributed by atoms with Crippen LogP contribution < -0.4 is 5.73 Å². The molecule has 1 atom stereocenters. The van der Waals surface area contributed by atoms with E-state index < -0.39 is 0 Å². The molecule has 3 heteroatoms. The molecule has 76 valence electrons. The molecule has 13 heavy (non-hydrogen) atoms. The second-order valence-electron chi connectivity index (χ2n) is 3.28. The highest BCUT2D eigenvalue weighted by Gasteiger charge is 2.02. The molecule has 0 aromatic carbocycles. The van der Waals surface area contributed by atoms with Gasteiger partial charge in [-0.1, -0.05) is 19.9 Å². The van der Waals surface area contributed by atoms with Crippen LogP contribution in [0.2, 0.25) is 0 Å². The fraction of sp³-hybridized carbons (Fsp3) is 0.700. The first-order valence-corrected chi connectivity index (χ1v) is 5.25. The molecular formula is C10H19NOS. The van der Waals surface area contributed by atoms with E-state index in [1.165, 1.54) is 0 Å². The Morgan fingerprint density at radius 1 is 1.54 bits per heavy atom. The molecule has 0 bridgehead atoms. The molecule has 1 amide bonds. The average molecular weight is 201 g/mol. The second-order valence-corrected chi connectivity index (χ2v) is 4.01. The largest absolute Gasteiger partial charge is 0.366 e. The molecule has 0 aliphatic rings. The summed E-state index contributed by atoms with van der Waals surface area (Å²) >= 11 is 4.38. The highest BCUT2D eigenvalue weighted by atomic mass is 32.1. The van der Waals surface area contributed by atoms with Crippen LogP contribution in [0.3, 0.4) is 0 Å². The van der Waals surface area contributed by atoms with Crippen molar-refractivity contribution in [3.05, 3.63) is 12.2 Å². The van der Waals surface area contributed by atoms with Gasteiger partial charge < -0.3 is 5.73 Å². The molecule has 2 N–H and O–H groups in total. The number of amides is 1. The van der Waals surface area contributed by atoms with Crippen molar-refractivity contribution < 1.29 is 4.79 Å². The molecule has 0 saturated heterocycles. The quantitative estimate of drug-likeness (QED) is 0.370. The first kappa shape index (κ1) is 12.6. The van der Waals surface area contributed by atoms with Gasteiger partial charge in [0.1, 0.15) is 0 Å². The second kappa shape index (κ2) is 7.01. The van der Waals surface area contributed by atoms with Crippen molar-refractivity contribution in [2.45, 2.75) is 44.3 Å². The van der Waals surface area contributed by atoms with Crippen LogP contribution in [0.5, 0.6) is 0 Å². The average Bonchev–Trinajstić information content (AvgIpc) is 2.11. The third kappa shape index (κ3) is 6.70. The predicted molar refractivity (Wildman–Crippen MR) is 59.9 cm³/mol. The first-order valence-electron chi connectivity index (χ1n) is 4.73. The van der Waals surface area contributed by atoms with Crippen LogP contribution in [-0.4, -0.2) is 11.2 Å². The predicted octanol–water partition coefficient (Wildman–Crippen LogP) is 2.30. The Labute approximate surface area is 86.0 Å². The molecule has 0 radical (unpaired) electrons. The standard InChI is InChI=1S/C10H19NOS/c1-3-9(13)7-5-4-6-8(2)10(11)12/h9,13H,2-7H2,1H3,(H2,11,12). The number of carbonyl (C=O) groups is 1. The van der Waals surface area contributed by atoms with Gasteiger partial charge >= 0.3 is 0 Å². The zero-order valence-corrected chi connectivity index (χ0v) is 9.15. The van der Waals surface area contributed by atoms with Crippen LogP contribution in [0, 0.1) is 0 Å². The smallest absolute Gasteiger partial charge is 0.244 e. The summed E-state index contributed by atoms with van der Waals surface area (Å²) in [4.78, 5) is 10.6. The van der Waals surface area contributed by atoms with Gasteiger partial charge in [-0.3, -0.25) is 4.79 Å². The third-order valence-corrected chi connectivity index (χ3v) is 2.71. The van der Waals surface area contributed by atoms with Gasteiger partial charge in [-0.25, -0.2) is 0 Å². The maximum Gasteiger partial charge on any atom is 0.244 e. The van der Waals surface area contributed by atoms with Crippen molar-refractivity contribution in [2.24, 2.45) is 5.73 Å². The van der Waals surface area contributed by atoms with Gasteiger partial charge in [-0.15, -0.1) is 0 Å². The number of primary amides is 1. The SMILES string of the molecule is C=C(CCCCC(S)CC)C(N)=O. The molecule has 0 aromatic heterocycles. The number of rotatable bonds is 7. The van der Waals surface area contributed by atoms with Crippen LogP contribution in [-0.2, 0) is 4.79 Å². The molecule has 2 nitrogen and oxygen atoms in total. The van der Waals surface area contributed by atoms with Crippen molar-refractivity contribution in [1.82, 2.24) is 0 Å².